The summed E-state index contributed by atoms with van der Waals surface area (Å²) in [6.07, 6.45) is 16.8. The van der Waals surface area contributed by atoms with Crippen LogP contribution in [0.3, 0.4) is 0 Å². The Morgan fingerprint density at radius 1 is 0.818 bits per heavy atom. The van der Waals surface area contributed by atoms with Gasteiger partial charge in [0, 0.05) is 77.4 Å². The van der Waals surface area contributed by atoms with E-state index in [1.165, 1.54) is 5.56 Å². The maximum Gasteiger partial charge on any atom is 0.182 e. The van der Waals surface area contributed by atoms with Gasteiger partial charge in [-0.3, -0.25) is 9.98 Å². The van der Waals surface area contributed by atoms with Crippen LogP contribution in [0.1, 0.15) is 93.1 Å². The second-order valence-corrected chi connectivity index (χ2v) is 19.6. The Labute approximate surface area is 399 Å². The number of aliphatic imine (C=N–C) groups is 1. The molecule has 12 rings (SSSR count). The topological polar surface area (TPSA) is 179 Å². The predicted octanol–water partition coefficient (Wildman–Crippen LogP) is 5.73. The molecule has 348 valence electrons. The van der Waals surface area contributed by atoms with E-state index in [4.69, 9.17) is 54.7 Å². The van der Waals surface area contributed by atoms with Crippen LogP contribution in [0, 0.1) is 3.70 Å². The number of hydrogen-bond donors (Lipinski definition) is 2. The number of pyridine rings is 1. The normalized spacial score (nSPS) is 24.3. The molecule has 3 N–H and O–H groups in total. The number of amidine groups is 1. The smallest absolute Gasteiger partial charge is 0.182 e. The molecule has 2 spiro atoms. The summed E-state index contributed by atoms with van der Waals surface area (Å²) in [5.41, 5.74) is 13.2. The highest BCUT2D eigenvalue weighted by Crippen LogP contribution is 2.39. The zero-order valence-electron chi connectivity index (χ0n) is 37.8. The molecule has 5 aromatic rings. The van der Waals surface area contributed by atoms with Crippen molar-refractivity contribution >= 4 is 56.9 Å². The SMILES string of the molecule is COc1ccc(CNC2CCOC23CCN(c2cnc4c(I)nn(C5CCCCO5)c4n2)CC3)cc1.NC1CCOC12CCN(c1cnc3c(n1)CN=C3N1CCCc3ncccc31)CC2. The van der Waals surface area contributed by atoms with Crippen LogP contribution < -0.4 is 30.5 Å². The number of aromatic nitrogens is 7. The van der Waals surface area contributed by atoms with Crippen molar-refractivity contribution < 1.29 is 18.9 Å². The van der Waals surface area contributed by atoms with Gasteiger partial charge in [-0.05, 0) is 123 Å². The number of halogens is 1. The van der Waals surface area contributed by atoms with Gasteiger partial charge in [0.1, 0.15) is 28.6 Å². The van der Waals surface area contributed by atoms with Gasteiger partial charge in [-0.1, -0.05) is 12.1 Å². The summed E-state index contributed by atoms with van der Waals surface area (Å²) in [4.78, 5) is 35.8. The van der Waals surface area contributed by atoms with Crippen LogP contribution in [0.25, 0.3) is 11.2 Å². The standard InChI is InChI=1S/C26H33IN6O3.C22H27N7O/c1-34-19-7-5-18(6-8-19)16-28-20-9-15-36-26(20)10-12-32(13-11-26)21-17-29-23-24(27)31-33(25(23)30-21)22-4-2-3-14-35-22;23-18-5-12-30-22(18)6-10-28(11-7-22)19-14-25-20-16(27-19)13-26-21(20)29-9-2-3-15-17(29)4-1-8-24-15/h5-8,17,20,22,28H,2-4,9-16H2,1H3;1,4,8,14,18H,2-3,5-7,9-13,23H2. The van der Waals surface area contributed by atoms with E-state index in [1.54, 1.807) is 7.11 Å². The number of methoxy groups -OCH3 is 1. The summed E-state index contributed by atoms with van der Waals surface area (Å²) in [7, 11) is 1.70. The molecular weight excluding hydrogens is 950 g/mol. The summed E-state index contributed by atoms with van der Waals surface area (Å²) in [5, 5.41) is 8.50. The number of ether oxygens (including phenoxy) is 4. The van der Waals surface area contributed by atoms with Crippen LogP contribution in [0.5, 0.6) is 5.75 Å². The van der Waals surface area contributed by atoms with Crippen LogP contribution in [-0.2, 0) is 33.7 Å². The van der Waals surface area contributed by atoms with E-state index in [1.807, 2.05) is 41.5 Å². The fourth-order valence-electron chi connectivity index (χ4n) is 11.1. The number of nitrogens with zero attached hydrogens (tertiary/aromatic N) is 11. The van der Waals surface area contributed by atoms with E-state index >= 15 is 0 Å². The van der Waals surface area contributed by atoms with Crippen molar-refractivity contribution in [3.63, 3.8) is 0 Å². The summed E-state index contributed by atoms with van der Waals surface area (Å²) >= 11 is 2.25. The molecule has 5 saturated heterocycles. The van der Waals surface area contributed by atoms with E-state index in [-0.39, 0.29) is 23.5 Å². The Balaban J connectivity index is 0.000000148. The number of benzene rings is 1. The molecule has 11 heterocycles. The summed E-state index contributed by atoms with van der Waals surface area (Å²) < 4.78 is 26.5. The Kier molecular flexibility index (Phi) is 12.5. The lowest BCUT2D eigenvalue weighted by atomic mass is 9.84. The largest absolute Gasteiger partial charge is 0.497 e. The van der Waals surface area contributed by atoms with Gasteiger partial charge in [0.2, 0.25) is 0 Å². The van der Waals surface area contributed by atoms with Crippen molar-refractivity contribution in [3.05, 3.63) is 81.3 Å². The molecule has 1 aromatic carbocycles. The number of anilines is 3. The lowest BCUT2D eigenvalue weighted by molar-refractivity contribution is -0.0372. The van der Waals surface area contributed by atoms with E-state index < -0.39 is 0 Å². The summed E-state index contributed by atoms with van der Waals surface area (Å²) in [6.45, 7) is 8.33. The molecule has 3 unspecified atom stereocenters. The first kappa shape index (κ1) is 43.9. The first-order valence-electron chi connectivity index (χ1n) is 23.9. The van der Waals surface area contributed by atoms with E-state index in [9.17, 15) is 0 Å². The monoisotopic (exact) mass is 1010 g/mol. The molecule has 7 aliphatic heterocycles. The molecule has 0 aliphatic carbocycles. The maximum atomic E-state index is 6.40. The molecule has 0 saturated carbocycles. The Bertz CT molecular complexity index is 2540. The van der Waals surface area contributed by atoms with E-state index in [0.717, 1.165) is 191 Å². The fraction of sp³-hybridized carbons (Fsp3) is 0.562. The number of fused-ring (bicyclic) bond motifs is 3. The average molecular weight is 1010 g/mol. The van der Waals surface area contributed by atoms with Crippen LogP contribution >= 0.6 is 22.6 Å². The molecule has 66 heavy (non-hydrogen) atoms. The Morgan fingerprint density at radius 3 is 2.33 bits per heavy atom. The highest BCUT2D eigenvalue weighted by molar-refractivity contribution is 14.1. The van der Waals surface area contributed by atoms with Crippen molar-refractivity contribution in [1.82, 2.24) is 40.0 Å². The van der Waals surface area contributed by atoms with Gasteiger partial charge in [0.15, 0.2) is 21.4 Å². The van der Waals surface area contributed by atoms with Crippen LogP contribution in [0.2, 0.25) is 0 Å². The van der Waals surface area contributed by atoms with Crippen molar-refractivity contribution in [2.75, 3.05) is 74.4 Å². The van der Waals surface area contributed by atoms with Crippen LogP contribution in [0.15, 0.2) is 60.0 Å². The minimum absolute atomic E-state index is 0.0524. The summed E-state index contributed by atoms with van der Waals surface area (Å²) in [5.74, 6) is 3.66. The number of nitrogens with two attached hydrogens (primary N) is 1. The Hall–Kier alpha value is -4.60. The predicted molar refractivity (Wildman–Crippen MR) is 260 cm³/mol. The van der Waals surface area contributed by atoms with Gasteiger partial charge in [0.05, 0.1) is 54.3 Å². The van der Waals surface area contributed by atoms with Crippen molar-refractivity contribution in [3.8, 4) is 5.75 Å². The molecule has 4 aromatic heterocycles. The number of hydrogen-bond acceptors (Lipinski definition) is 16. The molecule has 17 nitrogen and oxygen atoms in total. The second-order valence-electron chi connectivity index (χ2n) is 18.6. The first-order valence-corrected chi connectivity index (χ1v) is 25.0. The van der Waals surface area contributed by atoms with E-state index in [2.05, 4.69) is 65.8 Å². The van der Waals surface area contributed by atoms with Gasteiger partial charge in [-0.2, -0.15) is 5.10 Å². The van der Waals surface area contributed by atoms with Gasteiger partial charge in [-0.15, -0.1) is 0 Å². The number of rotatable bonds is 7. The average Bonchev–Trinajstić information content (AvgIpc) is 4.15. The van der Waals surface area contributed by atoms with Crippen molar-refractivity contribution in [2.45, 2.75) is 113 Å². The number of aryl methyl sites for hydroxylation is 1. The minimum Gasteiger partial charge on any atom is -0.497 e. The lowest BCUT2D eigenvalue weighted by Gasteiger charge is -2.42. The van der Waals surface area contributed by atoms with Gasteiger partial charge < -0.3 is 44.7 Å². The quantitative estimate of drug-likeness (QED) is 0.189. The molecule has 18 heteroatoms. The number of piperidine rings is 2. The zero-order valence-corrected chi connectivity index (χ0v) is 39.9. The third-order valence-corrected chi connectivity index (χ3v) is 15.6. The van der Waals surface area contributed by atoms with Crippen LogP contribution in [-0.4, -0.2) is 123 Å². The summed E-state index contributed by atoms with van der Waals surface area (Å²) in [6, 6.07) is 12.9. The molecule has 5 fully saturated rings. The molecule has 0 bridgehead atoms. The van der Waals surface area contributed by atoms with Crippen LogP contribution in [0.4, 0.5) is 17.3 Å². The molecule has 3 atom stereocenters. The van der Waals surface area contributed by atoms with E-state index in [0.29, 0.717) is 12.6 Å². The highest BCUT2D eigenvalue weighted by atomic mass is 127. The number of nitrogens with one attached hydrogen (secondary N) is 1. The van der Waals surface area contributed by atoms with Gasteiger partial charge >= 0.3 is 0 Å². The first-order chi connectivity index (χ1) is 32.4. The lowest BCUT2D eigenvalue weighted by Crippen LogP contribution is -2.54. The third-order valence-electron chi connectivity index (χ3n) is 14.9. The minimum atomic E-state index is -0.132. The molecule has 0 amide bonds. The zero-order chi connectivity index (χ0) is 44.7. The maximum absolute atomic E-state index is 6.40. The second kappa shape index (κ2) is 18.8. The molecule has 7 aliphatic rings. The molecule has 0 radical (unpaired) electrons. The molecular formula is C48H60IN13O4. The third kappa shape index (κ3) is 8.50. The van der Waals surface area contributed by atoms with Gasteiger partial charge in [-0.25, -0.2) is 24.6 Å². The van der Waals surface area contributed by atoms with Crippen molar-refractivity contribution in [1.29, 1.82) is 0 Å². The van der Waals surface area contributed by atoms with Gasteiger partial charge in [0.25, 0.3) is 0 Å². The Morgan fingerprint density at radius 2 is 1.58 bits per heavy atom. The fourth-order valence-corrected chi connectivity index (χ4v) is 11.7. The highest BCUT2D eigenvalue weighted by Gasteiger charge is 2.47. The van der Waals surface area contributed by atoms with Crippen molar-refractivity contribution in [2.24, 2.45) is 10.7 Å².